The summed E-state index contributed by atoms with van der Waals surface area (Å²) in [6.07, 6.45) is 0. The van der Waals surface area contributed by atoms with E-state index < -0.39 is 17.7 Å². The van der Waals surface area contributed by atoms with E-state index >= 15 is 0 Å². The van der Waals surface area contributed by atoms with E-state index in [4.69, 9.17) is 15.5 Å². The number of halogens is 1. The van der Waals surface area contributed by atoms with Gasteiger partial charge in [0.1, 0.15) is 22.7 Å². The van der Waals surface area contributed by atoms with Gasteiger partial charge in [-0.25, -0.2) is 19.2 Å². The van der Waals surface area contributed by atoms with Crippen molar-refractivity contribution in [2.75, 3.05) is 17.7 Å². The van der Waals surface area contributed by atoms with Gasteiger partial charge in [0.25, 0.3) is 5.91 Å². The van der Waals surface area contributed by atoms with Crippen LogP contribution in [0.4, 0.5) is 15.9 Å². The lowest BCUT2D eigenvalue weighted by Crippen LogP contribution is -2.13. The zero-order valence-electron chi connectivity index (χ0n) is 18.7. The van der Waals surface area contributed by atoms with Gasteiger partial charge in [0.15, 0.2) is 5.65 Å². The van der Waals surface area contributed by atoms with E-state index in [0.717, 1.165) is 0 Å². The van der Waals surface area contributed by atoms with E-state index in [-0.39, 0.29) is 23.6 Å². The molecular weight excluding hydrogens is 449 g/mol. The van der Waals surface area contributed by atoms with Crippen molar-refractivity contribution in [2.45, 2.75) is 6.92 Å². The van der Waals surface area contributed by atoms with Crippen molar-refractivity contribution in [1.82, 2.24) is 14.5 Å². The first kappa shape index (κ1) is 22.0. The zero-order chi connectivity index (χ0) is 24.5. The summed E-state index contributed by atoms with van der Waals surface area (Å²) in [6.45, 7) is 1.89. The van der Waals surface area contributed by atoms with E-state index in [1.807, 2.05) is 18.2 Å². The van der Waals surface area contributed by atoms with Crippen molar-refractivity contribution in [3.05, 3.63) is 89.7 Å². The summed E-state index contributed by atoms with van der Waals surface area (Å²) in [5, 5.41) is 2.67. The number of nitrogens with one attached hydrogen (secondary N) is 1. The molecule has 174 valence electrons. The second-order valence-corrected chi connectivity index (χ2v) is 7.68. The molecule has 0 fully saturated rings. The van der Waals surface area contributed by atoms with Crippen molar-refractivity contribution in [3.63, 3.8) is 0 Å². The standard InChI is InChI=1S/C26H20FN5O3/c1-2-35-26(34)21-22-24(31-20-10-6-5-9-19(20)30-22)32(23(21)28)16-13-11-15(12-14-16)29-25(33)17-7-3-4-8-18(17)27/h3-14H,2,28H2,1H3,(H,29,33). The highest BCUT2D eigenvalue weighted by Crippen LogP contribution is 2.32. The summed E-state index contributed by atoms with van der Waals surface area (Å²) in [6, 6.07) is 19.8. The predicted octanol–water partition coefficient (Wildman–Crippen LogP) is 4.72. The van der Waals surface area contributed by atoms with Gasteiger partial charge in [0.2, 0.25) is 0 Å². The molecule has 0 unspecified atom stereocenters. The Bertz CT molecular complexity index is 1590. The van der Waals surface area contributed by atoms with E-state index in [2.05, 4.69) is 10.3 Å². The first-order valence-electron chi connectivity index (χ1n) is 10.9. The van der Waals surface area contributed by atoms with Crippen molar-refractivity contribution in [2.24, 2.45) is 0 Å². The molecule has 1 amide bonds. The van der Waals surface area contributed by atoms with Gasteiger partial charge in [-0.3, -0.25) is 9.36 Å². The maximum absolute atomic E-state index is 13.9. The van der Waals surface area contributed by atoms with Crippen molar-refractivity contribution < 1.29 is 18.7 Å². The molecule has 2 heterocycles. The molecule has 9 heteroatoms. The van der Waals surface area contributed by atoms with Crippen molar-refractivity contribution >= 4 is 45.6 Å². The van der Waals surface area contributed by atoms with Gasteiger partial charge in [-0.1, -0.05) is 24.3 Å². The van der Waals surface area contributed by atoms with E-state index in [1.54, 1.807) is 47.9 Å². The monoisotopic (exact) mass is 469 g/mol. The molecular formula is C26H20FN5O3. The average Bonchev–Trinajstić information content (AvgIpc) is 3.14. The largest absolute Gasteiger partial charge is 0.462 e. The third-order valence-electron chi connectivity index (χ3n) is 5.48. The molecule has 2 aromatic heterocycles. The topological polar surface area (TPSA) is 112 Å². The van der Waals surface area contributed by atoms with Crippen LogP contribution < -0.4 is 11.1 Å². The molecule has 5 rings (SSSR count). The minimum atomic E-state index is -0.606. The highest BCUT2D eigenvalue weighted by Gasteiger charge is 2.25. The fraction of sp³-hybridized carbons (Fsp3) is 0.0769. The van der Waals surface area contributed by atoms with Crippen LogP contribution in [0.15, 0.2) is 72.8 Å². The Balaban J connectivity index is 1.58. The third-order valence-corrected chi connectivity index (χ3v) is 5.48. The molecule has 3 N–H and O–H groups in total. The number of esters is 1. The number of para-hydroxylation sites is 2. The summed E-state index contributed by atoms with van der Waals surface area (Å²) >= 11 is 0. The summed E-state index contributed by atoms with van der Waals surface area (Å²) in [4.78, 5) is 34.5. The molecule has 0 saturated heterocycles. The number of hydrogen-bond acceptors (Lipinski definition) is 6. The summed E-state index contributed by atoms with van der Waals surface area (Å²) in [5.41, 5.74) is 9.54. The van der Waals surface area contributed by atoms with Gasteiger partial charge in [-0.05, 0) is 55.5 Å². The molecule has 0 spiro atoms. The molecule has 0 atom stereocenters. The van der Waals surface area contributed by atoms with Crippen LogP contribution in [0.2, 0.25) is 0 Å². The van der Waals surface area contributed by atoms with Crippen LogP contribution >= 0.6 is 0 Å². The Kier molecular flexibility index (Phi) is 5.58. The number of ether oxygens (including phenoxy) is 1. The number of hydrogen-bond donors (Lipinski definition) is 2. The normalized spacial score (nSPS) is 11.0. The van der Waals surface area contributed by atoms with Gasteiger partial charge in [-0.15, -0.1) is 0 Å². The predicted molar refractivity (Wildman–Crippen MR) is 131 cm³/mol. The lowest BCUT2D eigenvalue weighted by Gasteiger charge is -2.10. The number of anilines is 2. The van der Waals surface area contributed by atoms with Crippen LogP contribution in [0.3, 0.4) is 0 Å². The van der Waals surface area contributed by atoms with Gasteiger partial charge in [0, 0.05) is 11.4 Å². The molecule has 3 aromatic carbocycles. The first-order valence-corrected chi connectivity index (χ1v) is 10.9. The molecule has 5 aromatic rings. The Labute approximate surface area is 199 Å². The van der Waals surface area contributed by atoms with Crippen LogP contribution in [0.1, 0.15) is 27.6 Å². The number of carbonyl (C=O) groups excluding carboxylic acids is 2. The Morgan fingerprint density at radius 1 is 0.971 bits per heavy atom. The van der Waals surface area contributed by atoms with Crippen LogP contribution in [-0.2, 0) is 4.74 Å². The number of benzene rings is 3. The van der Waals surface area contributed by atoms with Crippen LogP contribution in [0.5, 0.6) is 0 Å². The second kappa shape index (κ2) is 8.86. The molecule has 0 bridgehead atoms. The highest BCUT2D eigenvalue weighted by atomic mass is 19.1. The zero-order valence-corrected chi connectivity index (χ0v) is 18.7. The molecule has 0 radical (unpaired) electrons. The van der Waals surface area contributed by atoms with Gasteiger partial charge < -0.3 is 15.8 Å². The number of aromatic nitrogens is 3. The number of nitrogens with zero attached hydrogens (tertiary/aromatic N) is 3. The molecule has 0 aliphatic rings. The minimum Gasteiger partial charge on any atom is -0.462 e. The number of amides is 1. The Morgan fingerprint density at radius 3 is 2.31 bits per heavy atom. The molecule has 35 heavy (non-hydrogen) atoms. The quantitative estimate of drug-likeness (QED) is 0.360. The highest BCUT2D eigenvalue weighted by molar-refractivity contribution is 6.09. The number of rotatable bonds is 5. The third kappa shape index (κ3) is 3.93. The minimum absolute atomic E-state index is 0.0570. The molecule has 0 saturated carbocycles. The number of fused-ring (bicyclic) bond motifs is 2. The molecule has 0 aliphatic heterocycles. The van der Waals surface area contributed by atoms with Gasteiger partial charge in [0.05, 0.1) is 23.2 Å². The fourth-order valence-corrected chi connectivity index (χ4v) is 3.87. The number of nitrogens with two attached hydrogens (primary N) is 1. The van der Waals surface area contributed by atoms with Crippen LogP contribution in [0, 0.1) is 5.82 Å². The maximum Gasteiger partial charge on any atom is 0.344 e. The smallest absolute Gasteiger partial charge is 0.344 e. The van der Waals surface area contributed by atoms with E-state index in [0.29, 0.717) is 33.6 Å². The maximum atomic E-state index is 13.9. The SMILES string of the molecule is CCOC(=O)c1c(N)n(-c2ccc(NC(=O)c3ccccc3F)cc2)c2nc3ccccc3nc12. The average molecular weight is 469 g/mol. The summed E-state index contributed by atoms with van der Waals surface area (Å²) in [7, 11) is 0. The molecule has 0 aliphatic carbocycles. The van der Waals surface area contributed by atoms with Crippen molar-refractivity contribution in [1.29, 1.82) is 0 Å². The van der Waals surface area contributed by atoms with E-state index in [1.165, 1.54) is 18.2 Å². The van der Waals surface area contributed by atoms with Crippen LogP contribution in [0.25, 0.3) is 27.9 Å². The van der Waals surface area contributed by atoms with Gasteiger partial charge in [-0.2, -0.15) is 0 Å². The van der Waals surface area contributed by atoms with Gasteiger partial charge >= 0.3 is 5.97 Å². The van der Waals surface area contributed by atoms with Crippen molar-refractivity contribution in [3.8, 4) is 5.69 Å². The van der Waals surface area contributed by atoms with E-state index in [9.17, 15) is 14.0 Å². The second-order valence-electron chi connectivity index (χ2n) is 7.68. The summed E-state index contributed by atoms with van der Waals surface area (Å²) in [5.74, 6) is -1.63. The number of carbonyl (C=O) groups is 2. The summed E-state index contributed by atoms with van der Waals surface area (Å²) < 4.78 is 20.8. The first-order chi connectivity index (χ1) is 17.0. The Morgan fingerprint density at radius 2 is 1.63 bits per heavy atom. The Hall–Kier alpha value is -4.79. The molecule has 8 nitrogen and oxygen atoms in total. The number of nitrogen functional groups attached to an aromatic ring is 1. The lowest BCUT2D eigenvalue weighted by molar-refractivity contribution is 0.0529. The lowest BCUT2D eigenvalue weighted by atomic mass is 10.2. The fourth-order valence-electron chi connectivity index (χ4n) is 3.87. The van der Waals surface area contributed by atoms with Crippen LogP contribution in [-0.4, -0.2) is 33.0 Å².